The summed E-state index contributed by atoms with van der Waals surface area (Å²) in [6, 6.07) is 5.53. The topological polar surface area (TPSA) is 18.5 Å². The minimum Gasteiger partial charge on any atom is -0.370 e. The number of hydrogen-bond acceptors (Lipinski definition) is 2. The molecule has 2 nitrogen and oxygen atoms in total. The lowest BCUT2D eigenvalue weighted by Crippen LogP contribution is -2.45. The first-order chi connectivity index (χ1) is 11.1. The van der Waals surface area contributed by atoms with Crippen molar-refractivity contribution in [3.05, 3.63) is 35.4 Å². The molecular formula is C18H22ClF3O2. The number of alkyl halides is 4. The third-order valence-electron chi connectivity index (χ3n) is 5.46. The van der Waals surface area contributed by atoms with E-state index in [1.54, 1.807) is 6.07 Å². The predicted molar refractivity (Wildman–Crippen MR) is 86.0 cm³/mol. The molecule has 0 saturated carbocycles. The van der Waals surface area contributed by atoms with Crippen molar-refractivity contribution < 1.29 is 22.6 Å². The van der Waals surface area contributed by atoms with Crippen molar-refractivity contribution in [2.45, 2.75) is 69.1 Å². The zero-order chi connectivity index (χ0) is 17.8. The molecule has 2 saturated heterocycles. The van der Waals surface area contributed by atoms with Gasteiger partial charge in [-0.15, -0.1) is 11.6 Å². The van der Waals surface area contributed by atoms with Crippen LogP contribution in [-0.2, 0) is 22.3 Å². The number of halogens is 4. The highest BCUT2D eigenvalue weighted by Gasteiger charge is 2.65. The molecule has 0 aromatic heterocycles. The second kappa shape index (κ2) is 5.89. The predicted octanol–water partition coefficient (Wildman–Crippen LogP) is 5.18. The molecule has 2 bridgehead atoms. The summed E-state index contributed by atoms with van der Waals surface area (Å²) in [7, 11) is 0. The van der Waals surface area contributed by atoms with E-state index in [0.717, 1.165) is 6.07 Å². The molecule has 4 atom stereocenters. The van der Waals surface area contributed by atoms with Gasteiger partial charge in [0.2, 0.25) is 0 Å². The van der Waals surface area contributed by atoms with Gasteiger partial charge in [-0.05, 0) is 30.9 Å². The van der Waals surface area contributed by atoms with Gasteiger partial charge in [-0.25, -0.2) is 0 Å². The molecule has 2 heterocycles. The normalized spacial score (nSPS) is 35.8. The van der Waals surface area contributed by atoms with Crippen LogP contribution in [0, 0.1) is 5.92 Å². The Morgan fingerprint density at radius 1 is 1.29 bits per heavy atom. The lowest BCUT2D eigenvalue weighted by molar-refractivity contribution is -0.139. The largest absolute Gasteiger partial charge is 0.416 e. The van der Waals surface area contributed by atoms with E-state index in [9.17, 15) is 13.2 Å². The number of ether oxygens (including phenoxy) is 2. The molecule has 24 heavy (non-hydrogen) atoms. The molecule has 1 aromatic rings. The maximum atomic E-state index is 13.1. The Morgan fingerprint density at radius 2 is 1.96 bits per heavy atom. The van der Waals surface area contributed by atoms with Crippen LogP contribution in [0.3, 0.4) is 0 Å². The van der Waals surface area contributed by atoms with Gasteiger partial charge in [0.15, 0.2) is 0 Å². The van der Waals surface area contributed by atoms with Crippen molar-refractivity contribution in [1.29, 1.82) is 0 Å². The van der Waals surface area contributed by atoms with Crippen LogP contribution >= 0.6 is 11.6 Å². The summed E-state index contributed by atoms with van der Waals surface area (Å²) in [5, 5.41) is -0.0928. The van der Waals surface area contributed by atoms with Crippen LogP contribution < -0.4 is 0 Å². The van der Waals surface area contributed by atoms with Gasteiger partial charge >= 0.3 is 6.18 Å². The number of hydrogen-bond donors (Lipinski definition) is 0. The van der Waals surface area contributed by atoms with Gasteiger partial charge in [-0.3, -0.25) is 0 Å². The number of fused-ring (bicyclic) bond motifs is 2. The molecule has 0 radical (unpaired) electrons. The third-order valence-corrected chi connectivity index (χ3v) is 5.99. The lowest BCUT2D eigenvalue weighted by Gasteiger charge is -2.35. The van der Waals surface area contributed by atoms with E-state index in [1.165, 1.54) is 12.1 Å². The first-order valence-electron chi connectivity index (χ1n) is 8.19. The molecule has 0 spiro atoms. The molecule has 1 aromatic carbocycles. The molecule has 0 N–H and O–H groups in total. The van der Waals surface area contributed by atoms with Crippen LogP contribution in [0.25, 0.3) is 0 Å². The Balaban J connectivity index is 1.76. The Bertz CT molecular complexity index is 619. The summed E-state index contributed by atoms with van der Waals surface area (Å²) in [6.07, 6.45) is -3.37. The van der Waals surface area contributed by atoms with Crippen molar-refractivity contribution in [2.24, 2.45) is 5.92 Å². The summed E-state index contributed by atoms with van der Waals surface area (Å²) in [5.74, 6) is 0.220. The molecule has 4 unspecified atom stereocenters. The van der Waals surface area contributed by atoms with Crippen LogP contribution in [-0.4, -0.2) is 22.7 Å². The fourth-order valence-corrected chi connectivity index (χ4v) is 4.70. The molecule has 2 aliphatic rings. The van der Waals surface area contributed by atoms with Crippen molar-refractivity contribution >= 4 is 11.6 Å². The number of rotatable bonds is 4. The second-order valence-electron chi connectivity index (χ2n) is 7.35. The summed E-state index contributed by atoms with van der Waals surface area (Å²) < 4.78 is 51.4. The maximum absolute atomic E-state index is 13.1. The average Bonchev–Trinajstić information content (AvgIpc) is 2.92. The van der Waals surface area contributed by atoms with Crippen LogP contribution in [0.5, 0.6) is 0 Å². The Kier molecular flexibility index (Phi) is 4.42. The SMILES string of the molecule is CC(C)C12CC(OCc3ccccc3C(F)(F)F)C(C)(CC1Cl)O2. The van der Waals surface area contributed by atoms with Gasteiger partial charge in [0.1, 0.15) is 0 Å². The monoisotopic (exact) mass is 362 g/mol. The fourth-order valence-electron chi connectivity index (χ4n) is 4.00. The first-order valence-corrected chi connectivity index (χ1v) is 8.63. The van der Waals surface area contributed by atoms with Crippen molar-refractivity contribution in [3.63, 3.8) is 0 Å². The van der Waals surface area contributed by atoms with Gasteiger partial charge in [0.25, 0.3) is 0 Å². The standard InChI is InChI=1S/C18H22ClF3O2/c1-11(2)17-9-15(16(3,24-17)8-14(17)19)23-10-12-6-4-5-7-13(12)18(20,21)22/h4-7,11,14-15H,8-10H2,1-3H3. The van der Waals surface area contributed by atoms with Crippen molar-refractivity contribution in [3.8, 4) is 0 Å². The highest BCUT2D eigenvalue weighted by molar-refractivity contribution is 6.21. The number of benzene rings is 1. The van der Waals surface area contributed by atoms with Crippen LogP contribution in [0.4, 0.5) is 13.2 Å². The molecular weight excluding hydrogens is 341 g/mol. The smallest absolute Gasteiger partial charge is 0.370 e. The minimum atomic E-state index is -4.38. The van der Waals surface area contributed by atoms with Crippen LogP contribution in [0.2, 0.25) is 0 Å². The quantitative estimate of drug-likeness (QED) is 0.687. The molecule has 2 aliphatic heterocycles. The van der Waals surface area contributed by atoms with Crippen molar-refractivity contribution in [2.75, 3.05) is 0 Å². The van der Waals surface area contributed by atoms with Gasteiger partial charge in [-0.2, -0.15) is 13.2 Å². The zero-order valence-corrected chi connectivity index (χ0v) is 14.7. The molecule has 2 fully saturated rings. The molecule has 6 heteroatoms. The lowest BCUT2D eigenvalue weighted by atomic mass is 9.75. The fraction of sp³-hybridized carbons (Fsp3) is 0.667. The zero-order valence-electron chi connectivity index (χ0n) is 14.0. The Labute approximate surface area is 145 Å². The Hall–Kier alpha value is -0.780. The minimum absolute atomic E-state index is 0.0829. The molecule has 0 amide bonds. The molecule has 134 valence electrons. The van der Waals surface area contributed by atoms with Crippen LogP contribution in [0.15, 0.2) is 24.3 Å². The Morgan fingerprint density at radius 3 is 2.54 bits per heavy atom. The van der Waals surface area contributed by atoms with Gasteiger partial charge in [-0.1, -0.05) is 32.0 Å². The first kappa shape index (κ1) is 18.0. The second-order valence-corrected chi connectivity index (χ2v) is 7.88. The highest BCUT2D eigenvalue weighted by Crippen LogP contribution is 2.57. The summed E-state index contributed by atoms with van der Waals surface area (Å²) in [4.78, 5) is 0. The van der Waals surface area contributed by atoms with E-state index < -0.39 is 22.9 Å². The highest BCUT2D eigenvalue weighted by atomic mass is 35.5. The van der Waals surface area contributed by atoms with Gasteiger partial charge in [0, 0.05) is 6.42 Å². The van der Waals surface area contributed by atoms with E-state index in [-0.39, 0.29) is 29.6 Å². The summed E-state index contributed by atoms with van der Waals surface area (Å²) in [5.41, 5.74) is -1.49. The molecule has 0 aliphatic carbocycles. The van der Waals surface area contributed by atoms with E-state index in [2.05, 4.69) is 13.8 Å². The average molecular weight is 363 g/mol. The van der Waals surface area contributed by atoms with Crippen LogP contribution in [0.1, 0.15) is 44.7 Å². The van der Waals surface area contributed by atoms with E-state index in [4.69, 9.17) is 21.1 Å². The van der Waals surface area contributed by atoms with Crippen molar-refractivity contribution in [1.82, 2.24) is 0 Å². The summed E-state index contributed by atoms with van der Waals surface area (Å²) >= 11 is 6.49. The maximum Gasteiger partial charge on any atom is 0.416 e. The molecule has 3 rings (SSSR count). The van der Waals surface area contributed by atoms with Gasteiger partial charge < -0.3 is 9.47 Å². The van der Waals surface area contributed by atoms with Gasteiger partial charge in [0.05, 0.1) is 34.9 Å². The summed E-state index contributed by atoms with van der Waals surface area (Å²) in [6.45, 7) is 5.98. The van der Waals surface area contributed by atoms with E-state index >= 15 is 0 Å². The third kappa shape index (κ3) is 2.85. The van der Waals surface area contributed by atoms with E-state index in [0.29, 0.717) is 12.8 Å². The van der Waals surface area contributed by atoms with E-state index in [1.807, 2.05) is 6.92 Å².